The van der Waals surface area contributed by atoms with Gasteiger partial charge in [0.15, 0.2) is 5.16 Å². The van der Waals surface area contributed by atoms with Crippen molar-refractivity contribution in [2.24, 2.45) is 0 Å². The molecule has 0 aliphatic carbocycles. The van der Waals surface area contributed by atoms with Crippen LogP contribution in [0.25, 0.3) is 16.7 Å². The molecule has 0 unspecified atom stereocenters. The maximum Gasteiger partial charge on any atom is 0.263 e. The van der Waals surface area contributed by atoms with Crippen molar-refractivity contribution < 1.29 is 4.79 Å². The number of thioether (sulfide) groups is 1. The number of allylic oxidation sites excluding steroid dienone is 1. The molecule has 0 radical (unpaired) electrons. The van der Waals surface area contributed by atoms with Crippen molar-refractivity contribution in [1.82, 2.24) is 24.5 Å². The predicted molar refractivity (Wildman–Crippen MR) is 135 cm³/mol. The molecule has 1 saturated heterocycles. The number of benzene rings is 2. The van der Waals surface area contributed by atoms with Crippen molar-refractivity contribution in [3.05, 3.63) is 77.1 Å². The van der Waals surface area contributed by atoms with Gasteiger partial charge in [-0.15, -0.1) is 16.8 Å². The number of nitrogens with zero attached hydrogens (tertiary/aromatic N) is 5. The van der Waals surface area contributed by atoms with Crippen LogP contribution < -0.4 is 15.8 Å². The highest BCUT2D eigenvalue weighted by molar-refractivity contribution is 7.99. The molecule has 2 aromatic heterocycles. The molecular formula is C25H26N6O2S. The van der Waals surface area contributed by atoms with Crippen LogP contribution in [0.15, 0.2) is 71.1 Å². The van der Waals surface area contributed by atoms with Crippen LogP contribution in [0, 0.1) is 0 Å². The number of carbonyl (C=O) groups is 1. The lowest BCUT2D eigenvalue weighted by molar-refractivity contribution is -0.118. The van der Waals surface area contributed by atoms with E-state index in [1.54, 1.807) is 16.7 Å². The third-order valence-electron chi connectivity index (χ3n) is 6.04. The van der Waals surface area contributed by atoms with Gasteiger partial charge in [0.05, 0.1) is 16.7 Å². The van der Waals surface area contributed by atoms with Crippen molar-refractivity contribution in [2.45, 2.75) is 31.1 Å². The number of amides is 1. The highest BCUT2D eigenvalue weighted by atomic mass is 32.2. The number of aromatic nitrogens is 4. The Hall–Kier alpha value is -3.59. The zero-order chi connectivity index (χ0) is 23.5. The average molecular weight is 475 g/mol. The molecule has 0 atom stereocenters. The van der Waals surface area contributed by atoms with Crippen LogP contribution in [0.5, 0.6) is 0 Å². The molecule has 8 nitrogen and oxygen atoms in total. The number of fused-ring (bicyclic) bond motifs is 3. The van der Waals surface area contributed by atoms with E-state index in [1.165, 1.54) is 30.3 Å². The van der Waals surface area contributed by atoms with E-state index < -0.39 is 0 Å². The molecule has 1 aliphatic rings. The smallest absolute Gasteiger partial charge is 0.263 e. The van der Waals surface area contributed by atoms with E-state index in [-0.39, 0.29) is 17.2 Å². The molecule has 2 aromatic carbocycles. The predicted octanol–water partition coefficient (Wildman–Crippen LogP) is 3.24. The summed E-state index contributed by atoms with van der Waals surface area (Å²) in [6.45, 7) is 6.68. The summed E-state index contributed by atoms with van der Waals surface area (Å²) in [6, 6.07) is 15.6. The van der Waals surface area contributed by atoms with Crippen LogP contribution >= 0.6 is 11.8 Å². The molecular weight excluding hydrogens is 448 g/mol. The maximum atomic E-state index is 12.9. The van der Waals surface area contributed by atoms with Gasteiger partial charge >= 0.3 is 0 Å². The first-order chi connectivity index (χ1) is 16.7. The van der Waals surface area contributed by atoms with E-state index in [0.29, 0.717) is 29.4 Å². The first kappa shape index (κ1) is 22.2. The standard InChI is InChI=1S/C25H26N6O2S/c1-2-13-30-23(33)19-10-4-6-12-21(19)31-24(30)27-28-25(31)34-17-22(32)26-16-18-9-3-5-11-20(18)29-14-7-8-15-29/h2-6,9-12H,1,7-8,13-17H2,(H,26,32). The zero-order valence-electron chi connectivity index (χ0n) is 18.8. The topological polar surface area (TPSA) is 84.5 Å². The first-order valence-electron chi connectivity index (χ1n) is 11.4. The normalized spacial score (nSPS) is 13.6. The van der Waals surface area contributed by atoms with E-state index in [4.69, 9.17) is 0 Å². The van der Waals surface area contributed by atoms with E-state index >= 15 is 0 Å². The SMILES string of the molecule is C=CCn1c(=O)c2ccccc2n2c(SCC(=O)NCc3ccccc3N3CCCC3)nnc12. The quantitative estimate of drug-likeness (QED) is 0.312. The Morgan fingerprint density at radius 3 is 2.68 bits per heavy atom. The Bertz CT molecular complexity index is 1420. The fourth-order valence-corrected chi connectivity index (χ4v) is 5.19. The minimum atomic E-state index is -0.138. The number of rotatable bonds is 8. The number of hydrogen-bond donors (Lipinski definition) is 1. The molecule has 0 saturated carbocycles. The van der Waals surface area contributed by atoms with Gasteiger partial charge in [-0.25, -0.2) is 0 Å². The van der Waals surface area contributed by atoms with Crippen molar-refractivity contribution in [3.8, 4) is 0 Å². The second kappa shape index (κ2) is 9.72. The molecule has 1 fully saturated rings. The molecule has 1 amide bonds. The monoisotopic (exact) mass is 474 g/mol. The van der Waals surface area contributed by atoms with Crippen LogP contribution in [-0.2, 0) is 17.9 Å². The van der Waals surface area contributed by atoms with E-state index in [1.807, 2.05) is 34.7 Å². The Balaban J connectivity index is 1.34. The minimum absolute atomic E-state index is 0.0818. The van der Waals surface area contributed by atoms with Crippen LogP contribution in [0.1, 0.15) is 18.4 Å². The lowest BCUT2D eigenvalue weighted by atomic mass is 10.1. The van der Waals surface area contributed by atoms with Gasteiger partial charge in [0.2, 0.25) is 11.7 Å². The Morgan fingerprint density at radius 1 is 1.09 bits per heavy atom. The van der Waals surface area contributed by atoms with Crippen LogP contribution in [-0.4, -0.2) is 43.9 Å². The molecule has 5 rings (SSSR count). The summed E-state index contributed by atoms with van der Waals surface area (Å²) in [6.07, 6.45) is 4.07. The van der Waals surface area contributed by atoms with Gasteiger partial charge in [-0.3, -0.25) is 18.6 Å². The second-order valence-electron chi connectivity index (χ2n) is 8.23. The average Bonchev–Trinajstić information content (AvgIpc) is 3.55. The summed E-state index contributed by atoms with van der Waals surface area (Å²) in [4.78, 5) is 28.0. The largest absolute Gasteiger partial charge is 0.371 e. The number of nitrogens with one attached hydrogen (secondary N) is 1. The molecule has 9 heteroatoms. The Kier molecular flexibility index (Phi) is 6.35. The molecule has 0 spiro atoms. The zero-order valence-corrected chi connectivity index (χ0v) is 19.6. The summed E-state index contributed by atoms with van der Waals surface area (Å²) in [7, 11) is 0. The molecule has 174 valence electrons. The van der Waals surface area contributed by atoms with Crippen LogP contribution in [0.2, 0.25) is 0 Å². The Labute approximate surface area is 201 Å². The number of hydrogen-bond acceptors (Lipinski definition) is 6. The molecule has 0 bridgehead atoms. The van der Waals surface area contributed by atoms with Gasteiger partial charge in [-0.05, 0) is 36.6 Å². The van der Waals surface area contributed by atoms with Gasteiger partial charge in [0.25, 0.3) is 5.56 Å². The van der Waals surface area contributed by atoms with Crippen LogP contribution in [0.4, 0.5) is 5.69 Å². The van der Waals surface area contributed by atoms with Gasteiger partial charge in [-0.1, -0.05) is 48.2 Å². The Morgan fingerprint density at radius 2 is 1.85 bits per heavy atom. The maximum absolute atomic E-state index is 12.9. The van der Waals surface area contributed by atoms with Gasteiger partial charge in [-0.2, -0.15) is 0 Å². The number of anilines is 1. The fourth-order valence-electron chi connectivity index (χ4n) is 4.42. The van der Waals surface area contributed by atoms with Gasteiger partial charge < -0.3 is 10.2 Å². The summed E-state index contributed by atoms with van der Waals surface area (Å²) in [5.74, 6) is 0.550. The molecule has 4 aromatic rings. The first-order valence-corrected chi connectivity index (χ1v) is 12.4. The molecule has 34 heavy (non-hydrogen) atoms. The van der Waals surface area contributed by atoms with Crippen molar-refractivity contribution in [3.63, 3.8) is 0 Å². The number of carbonyl (C=O) groups excluding carboxylic acids is 1. The van der Waals surface area contributed by atoms with Crippen molar-refractivity contribution in [2.75, 3.05) is 23.7 Å². The minimum Gasteiger partial charge on any atom is -0.371 e. The summed E-state index contributed by atoms with van der Waals surface area (Å²) in [5, 5.41) is 12.7. The lowest BCUT2D eigenvalue weighted by Gasteiger charge is -2.21. The van der Waals surface area contributed by atoms with E-state index in [9.17, 15) is 9.59 Å². The molecule has 1 N–H and O–H groups in total. The molecule has 3 heterocycles. The van der Waals surface area contributed by atoms with E-state index in [0.717, 1.165) is 24.2 Å². The lowest BCUT2D eigenvalue weighted by Crippen LogP contribution is -2.27. The second-order valence-corrected chi connectivity index (χ2v) is 9.17. The van der Waals surface area contributed by atoms with Crippen molar-refractivity contribution >= 4 is 40.0 Å². The third kappa shape index (κ3) is 4.19. The van der Waals surface area contributed by atoms with Gasteiger partial charge in [0, 0.05) is 31.9 Å². The highest BCUT2D eigenvalue weighted by Gasteiger charge is 2.18. The van der Waals surface area contributed by atoms with Crippen molar-refractivity contribution in [1.29, 1.82) is 0 Å². The summed E-state index contributed by atoms with van der Waals surface area (Å²) >= 11 is 1.30. The third-order valence-corrected chi connectivity index (χ3v) is 6.97. The van der Waals surface area contributed by atoms with Gasteiger partial charge in [0.1, 0.15) is 0 Å². The highest BCUT2D eigenvalue weighted by Crippen LogP contribution is 2.25. The fraction of sp³-hybridized carbons (Fsp3) is 0.280. The number of para-hydroxylation sites is 2. The summed E-state index contributed by atoms with van der Waals surface area (Å²) < 4.78 is 3.38. The molecule has 1 aliphatic heterocycles. The summed E-state index contributed by atoms with van der Waals surface area (Å²) in [5.41, 5.74) is 2.90. The van der Waals surface area contributed by atoms with E-state index in [2.05, 4.69) is 39.1 Å². The van der Waals surface area contributed by atoms with Crippen LogP contribution in [0.3, 0.4) is 0 Å².